The van der Waals surface area contributed by atoms with Crippen molar-refractivity contribution >= 4 is 9.84 Å². The number of ether oxygens (including phenoxy) is 1. The van der Waals surface area contributed by atoms with E-state index in [1.807, 2.05) is 22.8 Å². The van der Waals surface area contributed by atoms with Crippen molar-refractivity contribution in [3.63, 3.8) is 0 Å². The summed E-state index contributed by atoms with van der Waals surface area (Å²) in [5.41, 5.74) is 2.20. The van der Waals surface area contributed by atoms with E-state index in [-0.39, 0.29) is 5.16 Å². The molecule has 0 bridgehead atoms. The van der Waals surface area contributed by atoms with Gasteiger partial charge in [-0.1, -0.05) is 30.3 Å². The van der Waals surface area contributed by atoms with Crippen molar-refractivity contribution < 1.29 is 13.2 Å². The Morgan fingerprint density at radius 2 is 2.08 bits per heavy atom. The highest BCUT2D eigenvalue weighted by Crippen LogP contribution is 2.18. The van der Waals surface area contributed by atoms with E-state index in [0.717, 1.165) is 38.2 Å². The molecule has 1 aliphatic heterocycles. The summed E-state index contributed by atoms with van der Waals surface area (Å²) in [6, 6.07) is 10.6. The minimum absolute atomic E-state index is 0.164. The van der Waals surface area contributed by atoms with E-state index < -0.39 is 9.84 Å². The van der Waals surface area contributed by atoms with Crippen LogP contribution in [0.2, 0.25) is 0 Å². The second-order valence-electron chi connectivity index (χ2n) is 6.98. The lowest BCUT2D eigenvalue weighted by atomic mass is 10.1. The normalized spacial score (nSPS) is 17.9. The van der Waals surface area contributed by atoms with E-state index >= 15 is 0 Å². The number of likely N-dealkylation sites (N-methyl/N-ethyl adjacent to an activating group) is 1. The van der Waals surface area contributed by atoms with Crippen LogP contribution in [0, 0.1) is 0 Å². The summed E-state index contributed by atoms with van der Waals surface area (Å²) in [5, 5.41) is 0.164. The predicted molar refractivity (Wildman–Crippen MR) is 101 cm³/mol. The van der Waals surface area contributed by atoms with Gasteiger partial charge in [0.2, 0.25) is 15.0 Å². The molecule has 26 heavy (non-hydrogen) atoms. The molecule has 2 aromatic rings. The van der Waals surface area contributed by atoms with Crippen molar-refractivity contribution in [2.24, 2.45) is 0 Å². The summed E-state index contributed by atoms with van der Waals surface area (Å²) >= 11 is 0. The van der Waals surface area contributed by atoms with Gasteiger partial charge in [-0.15, -0.1) is 0 Å². The van der Waals surface area contributed by atoms with E-state index in [2.05, 4.69) is 29.1 Å². The van der Waals surface area contributed by atoms with Crippen molar-refractivity contribution in [3.05, 3.63) is 47.8 Å². The van der Waals surface area contributed by atoms with Gasteiger partial charge in [0, 0.05) is 32.0 Å². The number of sulfone groups is 1. The monoisotopic (exact) mass is 377 g/mol. The van der Waals surface area contributed by atoms with Gasteiger partial charge in [-0.3, -0.25) is 4.90 Å². The molecule has 0 N–H and O–H groups in total. The van der Waals surface area contributed by atoms with E-state index in [4.69, 9.17) is 4.74 Å². The number of imidazole rings is 1. The van der Waals surface area contributed by atoms with Crippen molar-refractivity contribution in [2.45, 2.75) is 43.6 Å². The quantitative estimate of drug-likeness (QED) is 0.705. The van der Waals surface area contributed by atoms with Gasteiger partial charge in [-0.05, 0) is 31.9 Å². The number of aryl methyl sites for hydroxylation is 1. The van der Waals surface area contributed by atoms with Crippen LogP contribution in [0.25, 0.3) is 0 Å². The van der Waals surface area contributed by atoms with Crippen molar-refractivity contribution in [2.75, 3.05) is 26.5 Å². The van der Waals surface area contributed by atoms with Gasteiger partial charge >= 0.3 is 0 Å². The summed E-state index contributed by atoms with van der Waals surface area (Å²) in [6.07, 6.45) is 5.71. The fourth-order valence-corrected chi connectivity index (χ4v) is 4.25. The molecule has 1 saturated heterocycles. The molecule has 2 heterocycles. The Morgan fingerprint density at radius 3 is 2.73 bits per heavy atom. The fourth-order valence-electron chi connectivity index (χ4n) is 3.39. The first kappa shape index (κ1) is 19.1. The molecule has 0 aliphatic carbocycles. The first-order chi connectivity index (χ1) is 12.4. The molecule has 1 atom stereocenters. The second kappa shape index (κ2) is 8.33. The maximum absolute atomic E-state index is 12.1. The van der Waals surface area contributed by atoms with Gasteiger partial charge in [0.1, 0.15) is 0 Å². The highest BCUT2D eigenvalue weighted by atomic mass is 32.2. The average Bonchev–Trinajstić information content (AvgIpc) is 3.26. The number of aromatic nitrogens is 2. The number of benzene rings is 1. The van der Waals surface area contributed by atoms with Crippen LogP contribution >= 0.6 is 0 Å². The van der Waals surface area contributed by atoms with Crippen LogP contribution in [0.3, 0.4) is 0 Å². The van der Waals surface area contributed by atoms with Gasteiger partial charge < -0.3 is 9.30 Å². The third-order valence-corrected chi connectivity index (χ3v) is 5.85. The van der Waals surface area contributed by atoms with Gasteiger partial charge in [0.25, 0.3) is 0 Å². The topological polar surface area (TPSA) is 64.4 Å². The molecule has 0 spiro atoms. The molecule has 0 radical (unpaired) electrons. The Kier molecular flexibility index (Phi) is 6.11. The molecule has 1 fully saturated rings. The number of hydrogen-bond acceptors (Lipinski definition) is 5. The maximum atomic E-state index is 12.1. The fraction of sp³-hybridized carbons (Fsp3) is 0.526. The smallest absolute Gasteiger partial charge is 0.227 e. The highest BCUT2D eigenvalue weighted by Gasteiger charge is 2.24. The molecular weight excluding hydrogens is 350 g/mol. The van der Waals surface area contributed by atoms with Gasteiger partial charge in [0.05, 0.1) is 18.5 Å². The molecule has 142 valence electrons. The summed E-state index contributed by atoms with van der Waals surface area (Å²) in [5.74, 6) is 0. The lowest BCUT2D eigenvalue weighted by Gasteiger charge is -2.23. The number of hydrogen-bond donors (Lipinski definition) is 0. The van der Waals surface area contributed by atoms with Crippen molar-refractivity contribution in [1.29, 1.82) is 0 Å². The van der Waals surface area contributed by atoms with Gasteiger partial charge in [-0.25, -0.2) is 13.4 Å². The number of nitrogens with zero attached hydrogens (tertiary/aromatic N) is 3. The molecule has 3 rings (SSSR count). The first-order valence-electron chi connectivity index (χ1n) is 9.01. The zero-order valence-corrected chi connectivity index (χ0v) is 16.3. The molecule has 0 saturated carbocycles. The Morgan fingerprint density at radius 1 is 1.31 bits per heavy atom. The van der Waals surface area contributed by atoms with Crippen molar-refractivity contribution in [3.8, 4) is 0 Å². The molecule has 1 aliphatic rings. The van der Waals surface area contributed by atoms with Crippen LogP contribution in [-0.2, 0) is 34.1 Å². The van der Waals surface area contributed by atoms with E-state index in [1.54, 1.807) is 6.20 Å². The second-order valence-corrected chi connectivity index (χ2v) is 8.89. The molecule has 7 heteroatoms. The first-order valence-corrected chi connectivity index (χ1v) is 10.9. The molecule has 1 aromatic heterocycles. The van der Waals surface area contributed by atoms with Crippen molar-refractivity contribution in [1.82, 2.24) is 14.5 Å². The summed E-state index contributed by atoms with van der Waals surface area (Å²) in [7, 11) is -1.30. The predicted octanol–water partition coefficient (Wildman–Crippen LogP) is 2.14. The van der Waals surface area contributed by atoms with Crippen LogP contribution in [0.5, 0.6) is 0 Å². The van der Waals surface area contributed by atoms with Crippen LogP contribution in [-0.4, -0.2) is 55.4 Å². The molecule has 0 unspecified atom stereocenters. The minimum atomic E-state index is -3.35. The van der Waals surface area contributed by atoms with E-state index in [9.17, 15) is 8.42 Å². The Hall–Kier alpha value is -1.70. The minimum Gasteiger partial charge on any atom is -0.380 e. The van der Waals surface area contributed by atoms with Crippen LogP contribution in [0.4, 0.5) is 0 Å². The molecule has 0 amide bonds. The maximum Gasteiger partial charge on any atom is 0.227 e. The highest BCUT2D eigenvalue weighted by molar-refractivity contribution is 7.90. The summed E-state index contributed by atoms with van der Waals surface area (Å²) in [6.45, 7) is 2.83. The third kappa shape index (κ3) is 4.72. The molecular formula is C19H27N3O3S. The lowest BCUT2D eigenvalue weighted by Crippen LogP contribution is -2.32. The van der Waals surface area contributed by atoms with Crippen LogP contribution < -0.4 is 0 Å². The summed E-state index contributed by atoms with van der Waals surface area (Å²) in [4.78, 5) is 6.44. The zero-order chi connectivity index (χ0) is 18.6. The van der Waals surface area contributed by atoms with Gasteiger partial charge in [-0.2, -0.15) is 0 Å². The number of rotatable bonds is 8. The SMILES string of the molecule is CN(Cc1cnc(S(C)(=O)=O)n1CCCc1ccccc1)[C@@H]1CCOC1. The Balaban J connectivity index is 1.73. The third-order valence-electron chi connectivity index (χ3n) is 4.86. The van der Waals surface area contributed by atoms with E-state index in [0.29, 0.717) is 19.1 Å². The molecule has 6 nitrogen and oxygen atoms in total. The lowest BCUT2D eigenvalue weighted by molar-refractivity contribution is 0.155. The average molecular weight is 378 g/mol. The standard InChI is InChI=1S/C19H27N3O3S/c1-21(17-10-12-25-15-17)14-18-13-20-19(26(2,23)24)22(18)11-6-9-16-7-4-3-5-8-16/h3-5,7-8,13,17H,6,9-12,14-15H2,1-2H3/t17-/m1/s1. The zero-order valence-electron chi connectivity index (χ0n) is 15.5. The summed E-state index contributed by atoms with van der Waals surface area (Å²) < 4.78 is 31.6. The molecule has 1 aromatic carbocycles. The van der Waals surface area contributed by atoms with Crippen LogP contribution in [0.15, 0.2) is 41.7 Å². The Bertz CT molecular complexity index is 812. The van der Waals surface area contributed by atoms with Crippen LogP contribution in [0.1, 0.15) is 24.1 Å². The van der Waals surface area contributed by atoms with Gasteiger partial charge in [0.15, 0.2) is 0 Å². The van der Waals surface area contributed by atoms with E-state index in [1.165, 1.54) is 11.8 Å². The Labute approximate surface area is 155 Å². The largest absolute Gasteiger partial charge is 0.380 e.